The molecular weight excluding hydrogens is 232 g/mol. The predicted molar refractivity (Wildman–Crippen MR) is 71.9 cm³/mol. The lowest BCUT2D eigenvalue weighted by atomic mass is 9.93. The van der Waals surface area contributed by atoms with Crippen molar-refractivity contribution in [1.29, 1.82) is 0 Å². The summed E-state index contributed by atoms with van der Waals surface area (Å²) in [4.78, 5) is 0. The van der Waals surface area contributed by atoms with Crippen molar-refractivity contribution in [1.82, 2.24) is 0 Å². The maximum atomic E-state index is 8.50. The lowest BCUT2D eigenvalue weighted by Crippen LogP contribution is -2.37. The fraction of sp³-hybridized carbons (Fsp3) is 0.429. The highest BCUT2D eigenvalue weighted by atomic mass is 16.3. The van der Waals surface area contributed by atoms with Gasteiger partial charge in [-0.05, 0) is 12.5 Å². The minimum Gasteiger partial charge on any atom is -0.396 e. The number of aliphatic hydroxyl groups is 4. The van der Waals surface area contributed by atoms with Gasteiger partial charge in [0, 0.05) is 0 Å². The third kappa shape index (κ3) is 5.93. The highest BCUT2D eigenvalue weighted by Crippen LogP contribution is 2.11. The van der Waals surface area contributed by atoms with Crippen molar-refractivity contribution in [3.05, 3.63) is 42.0 Å². The molecule has 18 heavy (non-hydrogen) atoms. The Kier molecular flexibility index (Phi) is 9.14. The van der Waals surface area contributed by atoms with Gasteiger partial charge in [-0.15, -0.1) is 0 Å². The Balaban J connectivity index is 0.000000321. The molecule has 0 unspecified atom stereocenters. The van der Waals surface area contributed by atoms with Gasteiger partial charge in [0.2, 0.25) is 0 Å². The average molecular weight is 254 g/mol. The van der Waals surface area contributed by atoms with Crippen molar-refractivity contribution >= 4 is 6.08 Å². The predicted octanol–water partition coefficient (Wildman–Crippen LogP) is 0.662. The number of hydrogen-bond donors (Lipinski definition) is 4. The van der Waals surface area contributed by atoms with Crippen LogP contribution >= 0.6 is 0 Å². The van der Waals surface area contributed by atoms with Crippen molar-refractivity contribution in [3.63, 3.8) is 0 Å². The molecule has 102 valence electrons. The Morgan fingerprint density at radius 2 is 1.33 bits per heavy atom. The van der Waals surface area contributed by atoms with E-state index >= 15 is 0 Å². The fourth-order valence-electron chi connectivity index (χ4n) is 1.06. The first-order valence-corrected chi connectivity index (χ1v) is 5.79. The van der Waals surface area contributed by atoms with E-state index in [0.717, 1.165) is 0 Å². The summed E-state index contributed by atoms with van der Waals surface area (Å²) >= 11 is 0. The van der Waals surface area contributed by atoms with Crippen LogP contribution in [0.3, 0.4) is 0 Å². The van der Waals surface area contributed by atoms with Crippen LogP contribution < -0.4 is 0 Å². The first-order chi connectivity index (χ1) is 8.67. The molecule has 0 aliphatic heterocycles. The second kappa shape index (κ2) is 9.79. The molecule has 0 radical (unpaired) electrons. The van der Waals surface area contributed by atoms with Gasteiger partial charge in [-0.2, -0.15) is 0 Å². The lowest BCUT2D eigenvalue weighted by Gasteiger charge is -2.23. The number of hydrogen-bond acceptors (Lipinski definition) is 4. The SMILES string of the molecule is CC=Cc1ccccc1.OCC(CO)(CO)CO. The molecule has 0 fully saturated rings. The Hall–Kier alpha value is -1.20. The molecule has 0 aromatic heterocycles. The second-order valence-corrected chi connectivity index (χ2v) is 4.04. The number of benzene rings is 1. The Morgan fingerprint density at radius 1 is 0.889 bits per heavy atom. The molecule has 0 aliphatic rings. The molecule has 4 N–H and O–H groups in total. The van der Waals surface area contributed by atoms with Crippen LogP contribution in [0.25, 0.3) is 6.08 Å². The summed E-state index contributed by atoms with van der Waals surface area (Å²) in [5.74, 6) is 0. The van der Waals surface area contributed by atoms with Gasteiger partial charge in [0.1, 0.15) is 0 Å². The molecule has 0 spiro atoms. The van der Waals surface area contributed by atoms with Crippen molar-refractivity contribution in [3.8, 4) is 0 Å². The van der Waals surface area contributed by atoms with Crippen LogP contribution in [0.2, 0.25) is 0 Å². The minimum absolute atomic E-state index is 0.406. The standard InChI is InChI=1S/C9H10.C5H12O4/c1-2-6-9-7-4-3-5-8-9;6-1-5(2-7,3-8)4-9/h2-8H,1H3;6-9H,1-4H2. The van der Waals surface area contributed by atoms with E-state index in [4.69, 9.17) is 20.4 Å². The van der Waals surface area contributed by atoms with Crippen molar-refractivity contribution < 1.29 is 20.4 Å². The zero-order valence-corrected chi connectivity index (χ0v) is 10.7. The van der Waals surface area contributed by atoms with E-state index in [2.05, 4.69) is 18.2 Å². The highest BCUT2D eigenvalue weighted by molar-refractivity contribution is 5.47. The number of rotatable bonds is 5. The molecule has 1 aromatic rings. The molecule has 0 atom stereocenters. The molecule has 4 nitrogen and oxygen atoms in total. The van der Waals surface area contributed by atoms with Crippen LogP contribution in [-0.2, 0) is 0 Å². The topological polar surface area (TPSA) is 80.9 Å². The third-order valence-corrected chi connectivity index (χ3v) is 2.50. The summed E-state index contributed by atoms with van der Waals surface area (Å²) in [6.07, 6.45) is 4.12. The smallest absolute Gasteiger partial charge is 0.0627 e. The normalized spacial score (nSPS) is 11.2. The van der Waals surface area contributed by atoms with Crippen LogP contribution in [-0.4, -0.2) is 46.9 Å². The van der Waals surface area contributed by atoms with Crippen LogP contribution in [0.4, 0.5) is 0 Å². The van der Waals surface area contributed by atoms with Gasteiger partial charge in [0.15, 0.2) is 0 Å². The molecule has 0 bridgehead atoms. The number of allylic oxidation sites excluding steroid dienone is 1. The van der Waals surface area contributed by atoms with Crippen LogP contribution in [0.5, 0.6) is 0 Å². The molecule has 0 saturated carbocycles. The average Bonchev–Trinajstić information content (AvgIpc) is 2.44. The number of aliphatic hydroxyl groups excluding tert-OH is 4. The van der Waals surface area contributed by atoms with E-state index in [1.807, 2.05) is 31.2 Å². The maximum absolute atomic E-state index is 8.50. The minimum atomic E-state index is -1.11. The van der Waals surface area contributed by atoms with Gasteiger partial charge in [-0.25, -0.2) is 0 Å². The second-order valence-electron chi connectivity index (χ2n) is 4.04. The molecule has 1 aromatic carbocycles. The largest absolute Gasteiger partial charge is 0.396 e. The third-order valence-electron chi connectivity index (χ3n) is 2.50. The van der Waals surface area contributed by atoms with Gasteiger partial charge >= 0.3 is 0 Å². The summed E-state index contributed by atoms with van der Waals surface area (Å²) in [5, 5.41) is 34.0. The summed E-state index contributed by atoms with van der Waals surface area (Å²) in [6.45, 7) is 0.396. The molecular formula is C14H22O4. The summed E-state index contributed by atoms with van der Waals surface area (Å²) in [5.41, 5.74) is 0.153. The van der Waals surface area contributed by atoms with E-state index in [-0.39, 0.29) is 0 Å². The van der Waals surface area contributed by atoms with Gasteiger partial charge in [0.25, 0.3) is 0 Å². The zero-order valence-electron chi connectivity index (χ0n) is 10.7. The molecule has 0 amide bonds. The van der Waals surface area contributed by atoms with Crippen LogP contribution in [0.1, 0.15) is 12.5 Å². The molecule has 4 heteroatoms. The Morgan fingerprint density at radius 3 is 1.61 bits per heavy atom. The summed E-state index contributed by atoms with van der Waals surface area (Å²) < 4.78 is 0. The first kappa shape index (κ1) is 16.8. The van der Waals surface area contributed by atoms with Gasteiger partial charge in [-0.3, -0.25) is 0 Å². The molecule has 1 rings (SSSR count). The van der Waals surface area contributed by atoms with Crippen molar-refractivity contribution in [2.24, 2.45) is 5.41 Å². The molecule has 0 heterocycles. The van der Waals surface area contributed by atoms with Gasteiger partial charge in [0.05, 0.1) is 31.8 Å². The van der Waals surface area contributed by atoms with Gasteiger partial charge < -0.3 is 20.4 Å². The van der Waals surface area contributed by atoms with E-state index in [9.17, 15) is 0 Å². The van der Waals surface area contributed by atoms with Crippen LogP contribution in [0.15, 0.2) is 36.4 Å². The maximum Gasteiger partial charge on any atom is 0.0627 e. The van der Waals surface area contributed by atoms with Crippen molar-refractivity contribution in [2.75, 3.05) is 26.4 Å². The lowest BCUT2D eigenvalue weighted by molar-refractivity contribution is -0.0328. The summed E-state index contributed by atoms with van der Waals surface area (Å²) in [7, 11) is 0. The van der Waals surface area contributed by atoms with E-state index < -0.39 is 31.8 Å². The fourth-order valence-corrected chi connectivity index (χ4v) is 1.06. The van der Waals surface area contributed by atoms with Crippen molar-refractivity contribution in [2.45, 2.75) is 6.92 Å². The first-order valence-electron chi connectivity index (χ1n) is 5.79. The Labute approximate surface area is 108 Å². The molecule has 0 saturated heterocycles. The van der Waals surface area contributed by atoms with E-state index in [1.165, 1.54) is 5.56 Å². The highest BCUT2D eigenvalue weighted by Gasteiger charge is 2.26. The summed E-state index contributed by atoms with van der Waals surface area (Å²) in [6, 6.07) is 10.3. The van der Waals surface area contributed by atoms with E-state index in [1.54, 1.807) is 0 Å². The quantitative estimate of drug-likeness (QED) is 0.622. The monoisotopic (exact) mass is 254 g/mol. The van der Waals surface area contributed by atoms with E-state index in [0.29, 0.717) is 0 Å². The molecule has 0 aliphatic carbocycles. The Bertz CT molecular complexity index is 300. The van der Waals surface area contributed by atoms with Gasteiger partial charge in [-0.1, -0.05) is 42.5 Å². The van der Waals surface area contributed by atoms with Crippen LogP contribution in [0, 0.1) is 5.41 Å². The zero-order chi connectivity index (χ0) is 13.9.